The molecular formula is C20H22N5O2. The summed E-state index contributed by atoms with van der Waals surface area (Å²) in [6, 6.07) is 5.82. The van der Waals surface area contributed by atoms with Crippen LogP contribution >= 0.6 is 0 Å². The Morgan fingerprint density at radius 2 is 1.74 bits per heavy atom. The molecule has 27 heavy (non-hydrogen) atoms. The third-order valence-corrected chi connectivity index (χ3v) is 4.11. The number of carbonyl (C=O) groups excluding carboxylic acids is 2. The Kier molecular flexibility index (Phi) is 5.88. The lowest BCUT2D eigenvalue weighted by Crippen LogP contribution is -2.27. The van der Waals surface area contributed by atoms with Crippen LogP contribution in [0.4, 0.5) is 17.5 Å². The van der Waals surface area contributed by atoms with Crippen molar-refractivity contribution in [3.05, 3.63) is 49.8 Å². The fourth-order valence-corrected chi connectivity index (χ4v) is 2.91. The highest BCUT2D eigenvalue weighted by Gasteiger charge is 2.20. The average Bonchev–Trinajstić information content (AvgIpc) is 3.11. The van der Waals surface area contributed by atoms with Gasteiger partial charge in [0.15, 0.2) is 0 Å². The van der Waals surface area contributed by atoms with Crippen LogP contribution in [0.25, 0.3) is 10.9 Å². The number of carbonyl (C=O) groups is 2. The lowest BCUT2D eigenvalue weighted by atomic mass is 10.1. The van der Waals surface area contributed by atoms with E-state index in [1.165, 1.54) is 19.8 Å². The molecule has 1 aromatic heterocycles. The van der Waals surface area contributed by atoms with Gasteiger partial charge in [0.2, 0.25) is 17.8 Å². The molecule has 2 amide bonds. The predicted molar refractivity (Wildman–Crippen MR) is 106 cm³/mol. The van der Waals surface area contributed by atoms with Crippen molar-refractivity contribution in [2.45, 2.75) is 20.8 Å². The molecule has 0 unspecified atom stereocenters. The zero-order chi connectivity index (χ0) is 19.4. The van der Waals surface area contributed by atoms with E-state index >= 15 is 0 Å². The second kappa shape index (κ2) is 8.33. The number of rotatable bonds is 6. The maximum absolute atomic E-state index is 11.6. The first-order chi connectivity index (χ1) is 13.0. The first kappa shape index (κ1) is 19.1. The quantitative estimate of drug-likeness (QED) is 0.823. The number of amides is 2. The third kappa shape index (κ3) is 4.72. The Morgan fingerprint density at radius 1 is 1.04 bits per heavy atom. The fourth-order valence-electron chi connectivity index (χ4n) is 2.91. The standard InChI is InChI=1S/C20H22N5O2/c1-4-25(12-15-7-5-6-8-15)16-9-10-18-17(11-16)19(21-13(2)26)24-20(23-18)22-14(3)27/h5-11H,4,12H2,1-3H3,(H2,21,22,23,24,26,27). The zero-order valence-corrected chi connectivity index (χ0v) is 15.6. The predicted octanol–water partition coefficient (Wildman–Crippen LogP) is 2.78. The normalized spacial score (nSPS) is 14.3. The van der Waals surface area contributed by atoms with Gasteiger partial charge in [-0.15, -0.1) is 0 Å². The molecule has 5 radical (unpaired) electrons. The Hall–Kier alpha value is -2.70. The molecule has 1 fully saturated rings. The highest BCUT2D eigenvalue weighted by molar-refractivity contribution is 6.00. The Balaban J connectivity index is 1.98. The van der Waals surface area contributed by atoms with Crippen LogP contribution in [0.5, 0.6) is 0 Å². The van der Waals surface area contributed by atoms with Crippen LogP contribution in [0, 0.1) is 31.6 Å². The third-order valence-electron chi connectivity index (χ3n) is 4.11. The smallest absolute Gasteiger partial charge is 0.231 e. The van der Waals surface area contributed by atoms with E-state index in [9.17, 15) is 9.59 Å². The van der Waals surface area contributed by atoms with Crippen molar-refractivity contribution in [2.75, 3.05) is 28.6 Å². The lowest BCUT2D eigenvalue weighted by Gasteiger charge is -2.26. The van der Waals surface area contributed by atoms with E-state index in [1.54, 1.807) is 0 Å². The molecule has 0 aliphatic heterocycles. The number of benzene rings is 1. The molecule has 1 aliphatic rings. The molecule has 1 aromatic carbocycles. The Labute approximate surface area is 159 Å². The van der Waals surface area contributed by atoms with E-state index < -0.39 is 0 Å². The monoisotopic (exact) mass is 364 g/mol. The molecule has 1 heterocycles. The molecule has 7 heteroatoms. The molecule has 2 N–H and O–H groups in total. The largest absolute Gasteiger partial charge is 0.371 e. The Bertz CT molecular complexity index is 846. The van der Waals surface area contributed by atoms with Gasteiger partial charge in [0.25, 0.3) is 0 Å². The number of anilines is 3. The van der Waals surface area contributed by atoms with E-state index in [0.29, 0.717) is 11.3 Å². The van der Waals surface area contributed by atoms with E-state index in [4.69, 9.17) is 0 Å². The molecule has 3 rings (SSSR count). The second-order valence-electron chi connectivity index (χ2n) is 6.27. The summed E-state index contributed by atoms with van der Waals surface area (Å²) in [4.78, 5) is 33.8. The first-order valence-electron chi connectivity index (χ1n) is 8.78. The van der Waals surface area contributed by atoms with Gasteiger partial charge in [-0.25, -0.2) is 4.98 Å². The summed E-state index contributed by atoms with van der Waals surface area (Å²) in [5.41, 5.74) is 1.65. The minimum absolute atomic E-state index is 0.163. The number of hydrogen-bond acceptors (Lipinski definition) is 5. The van der Waals surface area contributed by atoms with Gasteiger partial charge < -0.3 is 10.2 Å². The maximum Gasteiger partial charge on any atom is 0.231 e. The topological polar surface area (TPSA) is 87.2 Å². The SMILES string of the molecule is CCN(C[C]1[CH][CH][CH][CH]1)c1ccc2nc(NC(C)=O)nc(NC(C)=O)c2c1. The fraction of sp³-hybridized carbons (Fsp3) is 0.250. The van der Waals surface area contributed by atoms with E-state index in [-0.39, 0.29) is 17.8 Å². The summed E-state index contributed by atoms with van der Waals surface area (Å²) >= 11 is 0. The molecule has 7 nitrogen and oxygen atoms in total. The Morgan fingerprint density at radius 3 is 2.37 bits per heavy atom. The van der Waals surface area contributed by atoms with Crippen molar-refractivity contribution in [3.8, 4) is 0 Å². The summed E-state index contributed by atoms with van der Waals surface area (Å²) < 4.78 is 0. The number of fused-ring (bicyclic) bond motifs is 1. The summed E-state index contributed by atoms with van der Waals surface area (Å²) in [5.74, 6) is 1.26. The number of nitrogens with one attached hydrogen (secondary N) is 2. The van der Waals surface area contributed by atoms with Gasteiger partial charge in [0.1, 0.15) is 5.82 Å². The van der Waals surface area contributed by atoms with E-state index in [1.807, 2.05) is 31.0 Å². The van der Waals surface area contributed by atoms with Gasteiger partial charge in [0.05, 0.1) is 5.52 Å². The highest BCUT2D eigenvalue weighted by atomic mass is 16.2. The molecule has 0 atom stereocenters. The van der Waals surface area contributed by atoms with Gasteiger partial charge in [-0.05, 0) is 50.8 Å². The molecule has 0 bridgehead atoms. The van der Waals surface area contributed by atoms with Gasteiger partial charge in [-0.1, -0.05) is 0 Å². The number of aromatic nitrogens is 2. The molecule has 0 spiro atoms. The summed E-state index contributed by atoms with van der Waals surface area (Å²) in [7, 11) is 0. The molecule has 1 saturated carbocycles. The van der Waals surface area contributed by atoms with Gasteiger partial charge >= 0.3 is 0 Å². The van der Waals surface area contributed by atoms with Crippen LogP contribution in [-0.2, 0) is 9.59 Å². The van der Waals surface area contributed by atoms with Crippen molar-refractivity contribution in [1.29, 1.82) is 0 Å². The maximum atomic E-state index is 11.6. The number of hydrogen-bond donors (Lipinski definition) is 2. The summed E-state index contributed by atoms with van der Waals surface area (Å²) in [5, 5.41) is 6.02. The molecule has 2 aromatic rings. The van der Waals surface area contributed by atoms with Crippen LogP contribution in [0.3, 0.4) is 0 Å². The van der Waals surface area contributed by atoms with Crippen molar-refractivity contribution in [1.82, 2.24) is 9.97 Å². The minimum Gasteiger partial charge on any atom is -0.371 e. The lowest BCUT2D eigenvalue weighted by molar-refractivity contribution is -0.115. The van der Waals surface area contributed by atoms with Crippen LogP contribution in [0.15, 0.2) is 18.2 Å². The van der Waals surface area contributed by atoms with E-state index in [0.717, 1.165) is 24.2 Å². The summed E-state index contributed by atoms with van der Waals surface area (Å²) in [6.45, 7) is 6.52. The average molecular weight is 364 g/mol. The van der Waals surface area contributed by atoms with Crippen LogP contribution in [0.2, 0.25) is 0 Å². The van der Waals surface area contributed by atoms with Crippen molar-refractivity contribution in [3.63, 3.8) is 0 Å². The summed E-state index contributed by atoms with van der Waals surface area (Å²) in [6.07, 6.45) is 8.23. The van der Waals surface area contributed by atoms with Crippen molar-refractivity contribution >= 4 is 40.2 Å². The van der Waals surface area contributed by atoms with Crippen LogP contribution < -0.4 is 15.5 Å². The van der Waals surface area contributed by atoms with Crippen LogP contribution in [0.1, 0.15) is 20.8 Å². The zero-order valence-electron chi connectivity index (χ0n) is 15.6. The van der Waals surface area contributed by atoms with E-state index in [2.05, 4.69) is 45.3 Å². The molecular weight excluding hydrogens is 342 g/mol. The van der Waals surface area contributed by atoms with Crippen molar-refractivity contribution < 1.29 is 9.59 Å². The van der Waals surface area contributed by atoms with Gasteiger partial charge in [-0.2, -0.15) is 4.98 Å². The van der Waals surface area contributed by atoms with Crippen molar-refractivity contribution in [2.24, 2.45) is 0 Å². The van der Waals surface area contributed by atoms with Crippen LogP contribution in [-0.4, -0.2) is 34.9 Å². The van der Waals surface area contributed by atoms with Gasteiger partial charge in [0, 0.05) is 43.9 Å². The molecule has 139 valence electrons. The molecule has 1 aliphatic carbocycles. The highest BCUT2D eigenvalue weighted by Crippen LogP contribution is 2.30. The first-order valence-corrected chi connectivity index (χ1v) is 8.78. The minimum atomic E-state index is -0.272. The number of nitrogens with zero attached hydrogens (tertiary/aromatic N) is 3. The van der Waals surface area contributed by atoms with Gasteiger partial charge in [-0.3, -0.25) is 14.9 Å². The second-order valence-corrected chi connectivity index (χ2v) is 6.27. The molecule has 0 saturated heterocycles.